The molecule has 2 rings (SSSR count). The molecule has 0 bridgehead atoms. The third kappa shape index (κ3) is 4.42. The minimum atomic E-state index is -2.68. The third-order valence-corrected chi connectivity index (χ3v) is 4.99. The Hall–Kier alpha value is -3.42. The Morgan fingerprint density at radius 3 is 2.03 bits per heavy atom. The van der Waals surface area contributed by atoms with Crippen molar-refractivity contribution in [2.24, 2.45) is 0 Å². The highest BCUT2D eigenvalue weighted by molar-refractivity contribution is 7.88. The van der Waals surface area contributed by atoms with E-state index in [-0.39, 0.29) is 17.4 Å². The second kappa shape index (κ2) is 8.94. The van der Waals surface area contributed by atoms with Crippen LogP contribution in [-0.2, 0) is 16.6 Å². The third-order valence-electron chi connectivity index (χ3n) is 3.66. The zero-order valence-electron chi connectivity index (χ0n) is 14.7. The molecule has 1 atom stereocenters. The van der Waals surface area contributed by atoms with Crippen LogP contribution in [0.2, 0.25) is 0 Å². The van der Waals surface area contributed by atoms with Crippen molar-refractivity contribution in [2.45, 2.75) is 5.75 Å². The first-order chi connectivity index (χ1) is 14.0. The molecule has 0 saturated carbocycles. The summed E-state index contributed by atoms with van der Waals surface area (Å²) in [6.45, 7) is 0. The van der Waals surface area contributed by atoms with E-state index in [1.807, 2.05) is 0 Å². The number of nitro groups is 2. The second-order valence-corrected chi connectivity index (χ2v) is 6.87. The molecule has 160 valence electrons. The number of rotatable bonds is 7. The summed E-state index contributed by atoms with van der Waals surface area (Å²) >= 11 is 0. The van der Waals surface area contributed by atoms with Gasteiger partial charge in [0.25, 0.3) is 0 Å². The molecule has 0 spiro atoms. The molecule has 0 saturated heterocycles. The first-order valence-corrected chi connectivity index (χ1v) is 8.88. The fourth-order valence-corrected chi connectivity index (χ4v) is 3.31. The molecule has 0 aliphatic heterocycles. The van der Waals surface area contributed by atoms with Crippen LogP contribution in [0.25, 0.3) is 6.08 Å². The molecule has 30 heavy (non-hydrogen) atoms. The van der Waals surface area contributed by atoms with Crippen LogP contribution in [0.3, 0.4) is 0 Å². The van der Waals surface area contributed by atoms with Crippen molar-refractivity contribution in [3.8, 4) is 5.75 Å². The highest BCUT2D eigenvalue weighted by Gasteiger charge is 2.29. The number of methoxy groups -OCH3 is 1. The van der Waals surface area contributed by atoms with E-state index in [0.717, 1.165) is 19.2 Å². The lowest BCUT2D eigenvalue weighted by molar-refractivity contribution is -0.409. The largest absolute Gasteiger partial charge is 0.490 e. The van der Waals surface area contributed by atoms with E-state index in [2.05, 4.69) is 0 Å². The lowest BCUT2D eigenvalue weighted by atomic mass is 10.1. The summed E-state index contributed by atoms with van der Waals surface area (Å²) in [5.74, 6) is -12.7. The molecule has 0 heterocycles. The average molecular weight is 452 g/mol. The Morgan fingerprint density at radius 1 is 1.03 bits per heavy atom. The molecule has 0 aromatic heterocycles. The summed E-state index contributed by atoms with van der Waals surface area (Å²) < 4.78 is 84.3. The SMILES string of the molecule is COc1ccc(CS(=O)C(=Cc2c(F)c(F)c(F)c(F)c2F)[N+](=O)[O-])cc1[N+](=O)[O-]. The summed E-state index contributed by atoms with van der Waals surface area (Å²) in [5, 5.41) is 20.8. The Morgan fingerprint density at radius 2 is 1.57 bits per heavy atom. The number of ether oxygens (including phenoxy) is 1. The molecule has 1 unspecified atom stereocenters. The molecule has 0 aliphatic carbocycles. The van der Waals surface area contributed by atoms with E-state index in [1.165, 1.54) is 6.07 Å². The van der Waals surface area contributed by atoms with E-state index in [9.17, 15) is 46.4 Å². The van der Waals surface area contributed by atoms with Gasteiger partial charge in [0.05, 0.1) is 28.3 Å². The summed E-state index contributed by atoms with van der Waals surface area (Å²) in [7, 11) is -1.53. The number of halogens is 5. The van der Waals surface area contributed by atoms with Gasteiger partial charge >= 0.3 is 10.7 Å². The van der Waals surface area contributed by atoms with Crippen LogP contribution in [0.15, 0.2) is 23.2 Å². The molecule has 0 aliphatic rings. The van der Waals surface area contributed by atoms with E-state index in [0.29, 0.717) is 0 Å². The van der Waals surface area contributed by atoms with Crippen LogP contribution in [0.1, 0.15) is 11.1 Å². The Balaban J connectivity index is 2.51. The number of benzene rings is 2. The maximum absolute atomic E-state index is 13.8. The van der Waals surface area contributed by atoms with E-state index >= 15 is 0 Å². The van der Waals surface area contributed by atoms with Crippen LogP contribution in [0, 0.1) is 49.3 Å². The van der Waals surface area contributed by atoms with Gasteiger partial charge in [0.1, 0.15) is 10.8 Å². The van der Waals surface area contributed by atoms with Gasteiger partial charge in [-0.1, -0.05) is 6.07 Å². The Kier molecular flexibility index (Phi) is 6.81. The zero-order chi connectivity index (χ0) is 22.7. The van der Waals surface area contributed by atoms with Gasteiger partial charge in [0.2, 0.25) is 5.82 Å². The van der Waals surface area contributed by atoms with Gasteiger partial charge in [0, 0.05) is 12.1 Å². The predicted octanol–water partition coefficient (Wildman–Crippen LogP) is 3.82. The first kappa shape index (κ1) is 22.9. The Labute approximate surface area is 166 Å². The van der Waals surface area contributed by atoms with Crippen molar-refractivity contribution >= 4 is 22.6 Å². The lowest BCUT2D eigenvalue weighted by Crippen LogP contribution is -2.10. The van der Waals surface area contributed by atoms with E-state index in [1.54, 1.807) is 0 Å². The summed E-state index contributed by atoms with van der Waals surface area (Å²) in [6, 6.07) is 3.23. The molecule has 0 fully saturated rings. The normalized spacial score (nSPS) is 12.5. The van der Waals surface area contributed by atoms with Crippen LogP contribution >= 0.6 is 0 Å². The molecule has 0 N–H and O–H groups in total. The maximum Gasteiger partial charge on any atom is 0.333 e. The number of hydrogen-bond donors (Lipinski definition) is 0. The van der Waals surface area contributed by atoms with E-state index in [4.69, 9.17) is 4.74 Å². The summed E-state index contributed by atoms with van der Waals surface area (Å²) in [6.07, 6.45) is -0.0374. The quantitative estimate of drug-likeness (QED) is 0.208. The van der Waals surface area contributed by atoms with Gasteiger partial charge in [-0.15, -0.1) is 0 Å². The molecule has 0 radical (unpaired) electrons. The van der Waals surface area contributed by atoms with Crippen LogP contribution in [0.5, 0.6) is 5.75 Å². The fourth-order valence-electron chi connectivity index (χ4n) is 2.27. The summed E-state index contributed by atoms with van der Waals surface area (Å²) in [5.41, 5.74) is -2.24. The van der Waals surface area contributed by atoms with Crippen LogP contribution < -0.4 is 4.74 Å². The van der Waals surface area contributed by atoms with Gasteiger partial charge < -0.3 is 4.74 Å². The lowest BCUT2D eigenvalue weighted by Gasteiger charge is -2.06. The molecule has 8 nitrogen and oxygen atoms in total. The van der Waals surface area contributed by atoms with Crippen molar-refractivity contribution < 1.29 is 40.7 Å². The Bertz CT molecular complexity index is 1080. The van der Waals surface area contributed by atoms with E-state index < -0.39 is 71.8 Å². The smallest absolute Gasteiger partial charge is 0.333 e. The standard InChI is InChI=1S/C16H9F5N2O6S/c1-29-10-3-2-7(4-9(10)22(24)25)6-30(28)11(23(26)27)5-8-12(17)14(19)16(21)15(20)13(8)18/h2-5H,6H2,1H3. The van der Waals surface area contributed by atoms with Gasteiger partial charge in [-0.05, 0) is 11.6 Å². The monoisotopic (exact) mass is 452 g/mol. The van der Waals surface area contributed by atoms with Crippen molar-refractivity contribution in [1.29, 1.82) is 0 Å². The molecular weight excluding hydrogens is 443 g/mol. The number of nitrogens with zero attached hydrogens (tertiary/aromatic N) is 2. The van der Waals surface area contributed by atoms with Gasteiger partial charge in [0.15, 0.2) is 29.0 Å². The highest BCUT2D eigenvalue weighted by atomic mass is 32.2. The van der Waals surface area contributed by atoms with Gasteiger partial charge in [-0.25, -0.2) is 26.2 Å². The minimum Gasteiger partial charge on any atom is -0.490 e. The molecular formula is C16H9F5N2O6S. The van der Waals surface area contributed by atoms with Gasteiger partial charge in [-0.2, -0.15) is 0 Å². The zero-order valence-corrected chi connectivity index (χ0v) is 15.5. The first-order valence-electron chi connectivity index (χ1n) is 7.56. The van der Waals surface area contributed by atoms with Crippen LogP contribution in [-0.4, -0.2) is 21.2 Å². The minimum absolute atomic E-state index is 0.0374. The van der Waals surface area contributed by atoms with Crippen LogP contribution in [0.4, 0.5) is 27.6 Å². The second-order valence-electron chi connectivity index (χ2n) is 5.48. The molecule has 0 amide bonds. The number of nitro benzene ring substituents is 1. The van der Waals surface area contributed by atoms with Crippen molar-refractivity contribution in [3.05, 3.63) is 83.7 Å². The van der Waals surface area contributed by atoms with Crippen molar-refractivity contribution in [2.75, 3.05) is 7.11 Å². The molecule has 2 aromatic rings. The summed E-state index contributed by atoms with van der Waals surface area (Å²) in [4.78, 5) is 20.0. The van der Waals surface area contributed by atoms with Crippen molar-refractivity contribution in [1.82, 2.24) is 0 Å². The average Bonchev–Trinajstić information content (AvgIpc) is 2.70. The molecule has 2 aromatic carbocycles. The maximum atomic E-state index is 13.8. The van der Waals surface area contributed by atoms with Gasteiger partial charge in [-0.3, -0.25) is 20.2 Å². The molecule has 14 heteroatoms. The topological polar surface area (TPSA) is 113 Å². The highest BCUT2D eigenvalue weighted by Crippen LogP contribution is 2.29. The van der Waals surface area contributed by atoms with Crippen molar-refractivity contribution in [3.63, 3.8) is 0 Å². The fraction of sp³-hybridized carbons (Fsp3) is 0.125. The number of hydrogen-bond acceptors (Lipinski definition) is 6. The predicted molar refractivity (Wildman–Crippen MR) is 92.7 cm³/mol.